The van der Waals surface area contributed by atoms with Crippen molar-refractivity contribution in [3.05, 3.63) is 35.7 Å². The molecule has 0 fully saturated rings. The van der Waals surface area contributed by atoms with Gasteiger partial charge in [-0.1, -0.05) is 5.16 Å². The summed E-state index contributed by atoms with van der Waals surface area (Å²) in [5.41, 5.74) is 4.54. The fraction of sp³-hybridized carbons (Fsp3) is 0.182. The van der Waals surface area contributed by atoms with E-state index in [4.69, 9.17) is 10.9 Å². The van der Waals surface area contributed by atoms with Crippen LogP contribution in [0.15, 0.2) is 39.7 Å². The predicted molar refractivity (Wildman–Crippen MR) is 69.1 cm³/mol. The fourth-order valence-electron chi connectivity index (χ4n) is 1.53. The van der Waals surface area contributed by atoms with Gasteiger partial charge in [0.15, 0.2) is 11.0 Å². The zero-order valence-corrected chi connectivity index (χ0v) is 11.5. The summed E-state index contributed by atoms with van der Waals surface area (Å²) in [7, 11) is 1.64. The van der Waals surface area contributed by atoms with Crippen LogP contribution in [0.4, 0.5) is 13.2 Å². The summed E-state index contributed by atoms with van der Waals surface area (Å²) in [5.74, 6) is -0.411. The molecule has 0 amide bonds. The Kier molecular flexibility index (Phi) is 4.07. The van der Waals surface area contributed by atoms with Crippen molar-refractivity contribution in [2.24, 2.45) is 17.9 Å². The van der Waals surface area contributed by atoms with Crippen molar-refractivity contribution in [3.63, 3.8) is 0 Å². The average molecular weight is 317 g/mol. The highest BCUT2D eigenvalue weighted by Gasteiger charge is 2.31. The van der Waals surface area contributed by atoms with Crippen molar-refractivity contribution >= 4 is 17.6 Å². The molecular formula is C11H10F3N5OS. The van der Waals surface area contributed by atoms with Crippen LogP contribution in [-0.4, -0.2) is 25.8 Å². The molecule has 21 heavy (non-hydrogen) atoms. The highest BCUT2D eigenvalue weighted by molar-refractivity contribution is 7.99. The molecule has 0 unspecified atom stereocenters. The van der Waals surface area contributed by atoms with Gasteiger partial charge in [0, 0.05) is 17.5 Å². The summed E-state index contributed by atoms with van der Waals surface area (Å²) < 4.78 is 39.7. The third-order valence-electron chi connectivity index (χ3n) is 2.56. The molecule has 0 aliphatic heterocycles. The number of nitrogens with zero attached hydrogens (tertiary/aromatic N) is 4. The molecule has 3 N–H and O–H groups in total. The van der Waals surface area contributed by atoms with E-state index in [9.17, 15) is 13.2 Å². The van der Waals surface area contributed by atoms with Gasteiger partial charge in [0.2, 0.25) is 0 Å². The standard InChI is InChI=1S/C11H10F3N5OS/c1-19-10(16-5-17-19)21-8-3-2-6(11(12,13)14)4-7(8)9(15)18-20/h2-5,20H,1H3,(H2,15,18). The maximum Gasteiger partial charge on any atom is 0.416 e. The van der Waals surface area contributed by atoms with Crippen molar-refractivity contribution in [1.82, 2.24) is 14.8 Å². The van der Waals surface area contributed by atoms with Crippen LogP contribution in [0.25, 0.3) is 0 Å². The molecule has 2 rings (SSSR count). The second-order valence-corrected chi connectivity index (χ2v) is 4.97. The third kappa shape index (κ3) is 3.27. The number of aryl methyl sites for hydroxylation is 1. The smallest absolute Gasteiger partial charge is 0.409 e. The van der Waals surface area contributed by atoms with E-state index < -0.39 is 17.6 Å². The van der Waals surface area contributed by atoms with Gasteiger partial charge in [0.05, 0.1) is 5.56 Å². The Hall–Kier alpha value is -2.23. The molecule has 0 saturated heterocycles. The molecule has 10 heteroatoms. The van der Waals surface area contributed by atoms with E-state index in [0.29, 0.717) is 10.1 Å². The molecule has 0 bridgehead atoms. The van der Waals surface area contributed by atoms with Gasteiger partial charge in [-0.3, -0.25) is 0 Å². The number of hydrogen-bond donors (Lipinski definition) is 2. The zero-order chi connectivity index (χ0) is 15.6. The quantitative estimate of drug-likeness (QED) is 0.391. The van der Waals surface area contributed by atoms with Gasteiger partial charge in [-0.2, -0.15) is 18.3 Å². The van der Waals surface area contributed by atoms with Crippen molar-refractivity contribution in [3.8, 4) is 0 Å². The highest BCUT2D eigenvalue weighted by atomic mass is 32.2. The Morgan fingerprint density at radius 3 is 2.67 bits per heavy atom. The van der Waals surface area contributed by atoms with Crippen molar-refractivity contribution in [2.75, 3.05) is 0 Å². The van der Waals surface area contributed by atoms with Gasteiger partial charge in [0.1, 0.15) is 6.33 Å². The molecule has 0 spiro atoms. The van der Waals surface area contributed by atoms with Crippen LogP contribution in [0.5, 0.6) is 0 Å². The van der Waals surface area contributed by atoms with Crippen LogP contribution >= 0.6 is 11.8 Å². The van der Waals surface area contributed by atoms with E-state index in [1.807, 2.05) is 0 Å². The zero-order valence-electron chi connectivity index (χ0n) is 10.7. The molecule has 112 valence electrons. The van der Waals surface area contributed by atoms with Crippen molar-refractivity contribution < 1.29 is 18.4 Å². The molecular weight excluding hydrogens is 307 g/mol. The Morgan fingerprint density at radius 1 is 1.43 bits per heavy atom. The van der Waals surface area contributed by atoms with Gasteiger partial charge in [0.25, 0.3) is 0 Å². The number of benzene rings is 1. The highest BCUT2D eigenvalue weighted by Crippen LogP contribution is 2.34. The first-order valence-corrected chi connectivity index (χ1v) is 6.35. The van der Waals surface area contributed by atoms with Gasteiger partial charge in [-0.05, 0) is 30.0 Å². The van der Waals surface area contributed by atoms with Crippen LogP contribution in [-0.2, 0) is 13.2 Å². The fourth-order valence-corrected chi connectivity index (χ4v) is 2.41. The van der Waals surface area contributed by atoms with Crippen LogP contribution in [0.2, 0.25) is 0 Å². The summed E-state index contributed by atoms with van der Waals surface area (Å²) in [6.45, 7) is 0. The number of rotatable bonds is 3. The second kappa shape index (κ2) is 5.64. The number of nitrogens with two attached hydrogens (primary N) is 1. The molecule has 2 aromatic rings. The summed E-state index contributed by atoms with van der Waals surface area (Å²) in [6, 6.07) is 3.00. The van der Waals surface area contributed by atoms with Gasteiger partial charge >= 0.3 is 6.18 Å². The lowest BCUT2D eigenvalue weighted by atomic mass is 10.1. The van der Waals surface area contributed by atoms with E-state index in [0.717, 1.165) is 23.9 Å². The number of aromatic nitrogens is 3. The van der Waals surface area contributed by atoms with E-state index in [1.54, 1.807) is 7.05 Å². The molecule has 0 radical (unpaired) electrons. The third-order valence-corrected chi connectivity index (χ3v) is 3.69. The number of alkyl halides is 3. The Bertz CT molecular complexity index is 683. The first-order chi connectivity index (χ1) is 9.82. The second-order valence-electron chi connectivity index (χ2n) is 3.96. The van der Waals surface area contributed by atoms with Gasteiger partial charge < -0.3 is 10.9 Å². The summed E-state index contributed by atoms with van der Waals surface area (Å²) in [4.78, 5) is 4.33. The minimum atomic E-state index is -4.52. The van der Waals surface area contributed by atoms with Gasteiger partial charge in [-0.25, -0.2) is 9.67 Å². The molecule has 0 aliphatic carbocycles. The number of oxime groups is 1. The lowest BCUT2D eigenvalue weighted by Crippen LogP contribution is -2.16. The first-order valence-electron chi connectivity index (χ1n) is 5.54. The molecule has 0 atom stereocenters. The maximum atomic E-state index is 12.7. The van der Waals surface area contributed by atoms with Crippen molar-refractivity contribution in [1.29, 1.82) is 0 Å². The minimum absolute atomic E-state index is 0.0275. The number of hydrogen-bond acceptors (Lipinski definition) is 5. The number of halogens is 3. The summed E-state index contributed by atoms with van der Waals surface area (Å²) in [5, 5.41) is 15.8. The monoisotopic (exact) mass is 317 g/mol. The molecule has 1 heterocycles. The number of amidine groups is 1. The van der Waals surface area contributed by atoms with Crippen molar-refractivity contribution in [2.45, 2.75) is 16.2 Å². The topological polar surface area (TPSA) is 89.3 Å². The molecule has 6 nitrogen and oxygen atoms in total. The van der Waals surface area contributed by atoms with Crippen LogP contribution in [0.1, 0.15) is 11.1 Å². The summed E-state index contributed by atoms with van der Waals surface area (Å²) >= 11 is 1.06. The largest absolute Gasteiger partial charge is 0.416 e. The molecule has 1 aromatic heterocycles. The Morgan fingerprint density at radius 2 is 2.14 bits per heavy atom. The minimum Gasteiger partial charge on any atom is -0.409 e. The maximum absolute atomic E-state index is 12.7. The van der Waals surface area contributed by atoms with E-state index >= 15 is 0 Å². The first kappa shape index (κ1) is 15.2. The lowest BCUT2D eigenvalue weighted by Gasteiger charge is -2.12. The average Bonchev–Trinajstić information content (AvgIpc) is 2.82. The molecule has 0 aliphatic rings. The van der Waals surface area contributed by atoms with E-state index in [-0.39, 0.29) is 5.56 Å². The lowest BCUT2D eigenvalue weighted by molar-refractivity contribution is -0.137. The molecule has 1 aromatic carbocycles. The Labute approximate surface area is 121 Å². The van der Waals surface area contributed by atoms with Crippen LogP contribution in [0.3, 0.4) is 0 Å². The summed E-state index contributed by atoms with van der Waals surface area (Å²) in [6.07, 6.45) is -3.20. The molecule has 0 saturated carbocycles. The van der Waals surface area contributed by atoms with Crippen LogP contribution < -0.4 is 5.73 Å². The van der Waals surface area contributed by atoms with Gasteiger partial charge in [-0.15, -0.1) is 0 Å². The van der Waals surface area contributed by atoms with E-state index in [2.05, 4.69) is 15.2 Å². The van der Waals surface area contributed by atoms with E-state index in [1.165, 1.54) is 17.1 Å². The van der Waals surface area contributed by atoms with Crippen LogP contribution in [0, 0.1) is 0 Å². The normalized spacial score (nSPS) is 12.7. The SMILES string of the molecule is Cn1ncnc1Sc1ccc(C(F)(F)F)cc1/C(N)=N/O. The Balaban J connectivity index is 2.48. The predicted octanol–water partition coefficient (Wildman–Crippen LogP) is 2.08.